The Labute approximate surface area is 115 Å². The Morgan fingerprint density at radius 1 is 1.42 bits per heavy atom. The molecule has 0 fully saturated rings. The number of carboxylic acids is 1. The molecule has 0 aromatic carbocycles. The Bertz CT molecular complexity index is 363. The summed E-state index contributed by atoms with van der Waals surface area (Å²) in [6, 6.07) is -1.33. The van der Waals surface area contributed by atoms with E-state index in [0.717, 1.165) is 6.08 Å². The second-order valence-corrected chi connectivity index (χ2v) is 4.74. The van der Waals surface area contributed by atoms with Crippen molar-refractivity contribution in [2.75, 3.05) is 6.61 Å². The normalized spacial score (nSPS) is 13.1. The van der Waals surface area contributed by atoms with Crippen LogP contribution in [0.25, 0.3) is 0 Å². The zero-order valence-electron chi connectivity index (χ0n) is 10.8. The van der Waals surface area contributed by atoms with Crippen LogP contribution in [0.2, 0.25) is 0 Å². The van der Waals surface area contributed by atoms with Gasteiger partial charge in [0.25, 0.3) is 0 Å². The minimum Gasteiger partial charge on any atom is -0.479 e. The number of nitrogens with zero attached hydrogens (tertiary/aromatic N) is 1. The molecule has 0 rings (SSSR count). The minimum absolute atomic E-state index is 0.200. The summed E-state index contributed by atoms with van der Waals surface area (Å²) in [5.41, 5.74) is -1.74. The SMILES string of the molecule is CC(C)(C)ON(C=O)C(C=CCOC(=O)Cl)C(=O)O. The molecule has 108 valence electrons. The van der Waals surface area contributed by atoms with Crippen LogP contribution in [0.4, 0.5) is 4.79 Å². The third-order valence-corrected chi connectivity index (χ3v) is 1.73. The molecule has 1 N–H and O–H groups in total. The minimum atomic E-state index is -1.33. The van der Waals surface area contributed by atoms with Gasteiger partial charge in [0.05, 0.1) is 5.60 Å². The summed E-state index contributed by atoms with van der Waals surface area (Å²) in [6.07, 6.45) is 2.67. The van der Waals surface area contributed by atoms with Gasteiger partial charge in [-0.3, -0.25) is 9.63 Å². The lowest BCUT2D eigenvalue weighted by Gasteiger charge is -2.29. The van der Waals surface area contributed by atoms with E-state index in [-0.39, 0.29) is 13.0 Å². The maximum atomic E-state index is 11.0. The Morgan fingerprint density at radius 3 is 2.37 bits per heavy atom. The summed E-state index contributed by atoms with van der Waals surface area (Å²) in [5.74, 6) is -1.29. The van der Waals surface area contributed by atoms with Gasteiger partial charge in [-0.1, -0.05) is 0 Å². The highest BCUT2D eigenvalue weighted by atomic mass is 35.5. The fourth-order valence-corrected chi connectivity index (χ4v) is 1.10. The molecule has 0 aromatic rings. The zero-order valence-corrected chi connectivity index (χ0v) is 11.6. The van der Waals surface area contributed by atoms with Gasteiger partial charge >= 0.3 is 11.4 Å². The Morgan fingerprint density at radius 2 is 2.00 bits per heavy atom. The molecule has 1 atom stereocenters. The number of aliphatic carboxylic acids is 1. The molecule has 7 nitrogen and oxygen atoms in total. The van der Waals surface area contributed by atoms with E-state index < -0.39 is 23.0 Å². The van der Waals surface area contributed by atoms with Crippen molar-refractivity contribution >= 4 is 29.4 Å². The number of hydroxylamine groups is 2. The Balaban J connectivity index is 4.73. The predicted molar refractivity (Wildman–Crippen MR) is 66.5 cm³/mol. The smallest absolute Gasteiger partial charge is 0.404 e. The molecule has 0 bridgehead atoms. The van der Waals surface area contributed by atoms with Crippen molar-refractivity contribution < 1.29 is 29.1 Å². The van der Waals surface area contributed by atoms with Crippen LogP contribution in [0.1, 0.15) is 20.8 Å². The lowest BCUT2D eigenvalue weighted by molar-refractivity contribution is -0.228. The molecule has 19 heavy (non-hydrogen) atoms. The van der Waals surface area contributed by atoms with Gasteiger partial charge in [0, 0.05) is 11.6 Å². The van der Waals surface area contributed by atoms with Crippen LogP contribution in [0.15, 0.2) is 12.2 Å². The van der Waals surface area contributed by atoms with Crippen LogP contribution in [0, 0.1) is 0 Å². The monoisotopic (exact) mass is 293 g/mol. The molecule has 0 heterocycles. The summed E-state index contributed by atoms with van der Waals surface area (Å²) in [4.78, 5) is 37.4. The predicted octanol–water partition coefficient (Wildman–Crippen LogP) is 1.56. The molecular formula is C11H16ClNO6. The number of rotatable bonds is 7. The standard InChI is InChI=1S/C11H16ClNO6/c1-11(2,3)19-13(7-14)8(9(15)16)5-4-6-18-10(12)17/h4-5,7-8H,6H2,1-3H3,(H,15,16). The van der Waals surface area contributed by atoms with E-state index in [2.05, 4.69) is 4.74 Å². The molecular weight excluding hydrogens is 278 g/mol. The average molecular weight is 294 g/mol. The molecule has 0 aliphatic carbocycles. The van der Waals surface area contributed by atoms with Crippen LogP contribution in [-0.2, 0) is 19.2 Å². The maximum Gasteiger partial charge on any atom is 0.404 e. The van der Waals surface area contributed by atoms with Crippen molar-refractivity contribution in [3.63, 3.8) is 0 Å². The van der Waals surface area contributed by atoms with E-state index in [1.165, 1.54) is 6.08 Å². The summed E-state index contributed by atoms with van der Waals surface area (Å²) in [5, 5.41) is 9.68. The van der Waals surface area contributed by atoms with Gasteiger partial charge in [-0.05, 0) is 32.9 Å². The van der Waals surface area contributed by atoms with Crippen molar-refractivity contribution in [1.82, 2.24) is 5.06 Å². The van der Waals surface area contributed by atoms with E-state index >= 15 is 0 Å². The number of hydrogen-bond acceptors (Lipinski definition) is 5. The van der Waals surface area contributed by atoms with Gasteiger partial charge in [0.1, 0.15) is 6.61 Å². The first-order chi connectivity index (χ1) is 8.67. The third-order valence-electron chi connectivity index (χ3n) is 1.62. The van der Waals surface area contributed by atoms with Crippen LogP contribution >= 0.6 is 11.6 Å². The van der Waals surface area contributed by atoms with Crippen molar-refractivity contribution in [2.24, 2.45) is 0 Å². The highest BCUT2D eigenvalue weighted by Crippen LogP contribution is 2.12. The van der Waals surface area contributed by atoms with E-state index in [1.54, 1.807) is 20.8 Å². The van der Waals surface area contributed by atoms with E-state index in [9.17, 15) is 14.4 Å². The number of halogens is 1. The van der Waals surface area contributed by atoms with Gasteiger partial charge in [0.2, 0.25) is 6.41 Å². The highest BCUT2D eigenvalue weighted by molar-refractivity contribution is 6.61. The van der Waals surface area contributed by atoms with E-state index in [4.69, 9.17) is 21.5 Å². The first-order valence-corrected chi connectivity index (χ1v) is 5.69. The summed E-state index contributed by atoms with van der Waals surface area (Å²) in [6.45, 7) is 4.80. The van der Waals surface area contributed by atoms with Crippen LogP contribution in [0.5, 0.6) is 0 Å². The van der Waals surface area contributed by atoms with Gasteiger partial charge < -0.3 is 9.84 Å². The van der Waals surface area contributed by atoms with Crippen LogP contribution in [0.3, 0.4) is 0 Å². The van der Waals surface area contributed by atoms with Crippen LogP contribution < -0.4 is 0 Å². The zero-order chi connectivity index (χ0) is 15.1. The van der Waals surface area contributed by atoms with E-state index in [0.29, 0.717) is 5.06 Å². The fourth-order valence-electron chi connectivity index (χ4n) is 1.03. The molecule has 0 aliphatic heterocycles. The molecule has 0 radical (unpaired) electrons. The number of ether oxygens (including phenoxy) is 1. The second-order valence-electron chi connectivity index (χ2n) is 4.43. The second kappa shape index (κ2) is 7.75. The number of amides is 1. The maximum absolute atomic E-state index is 11.0. The molecule has 8 heteroatoms. The quantitative estimate of drug-likeness (QED) is 0.331. The van der Waals surface area contributed by atoms with Crippen molar-refractivity contribution in [3.05, 3.63) is 12.2 Å². The van der Waals surface area contributed by atoms with Crippen molar-refractivity contribution in [2.45, 2.75) is 32.4 Å². The van der Waals surface area contributed by atoms with Gasteiger partial charge in [-0.15, -0.1) is 0 Å². The molecule has 0 aliphatic rings. The summed E-state index contributed by atoms with van der Waals surface area (Å²) in [7, 11) is 0. The number of hydrogen-bond donors (Lipinski definition) is 1. The topological polar surface area (TPSA) is 93.1 Å². The van der Waals surface area contributed by atoms with Gasteiger partial charge in [0.15, 0.2) is 6.04 Å². The highest BCUT2D eigenvalue weighted by Gasteiger charge is 2.27. The van der Waals surface area contributed by atoms with Gasteiger partial charge in [-0.25, -0.2) is 14.7 Å². The molecule has 0 spiro atoms. The molecule has 0 saturated heterocycles. The third kappa shape index (κ3) is 8.17. The lowest BCUT2D eigenvalue weighted by atomic mass is 10.2. The molecule has 1 unspecified atom stereocenters. The summed E-state index contributed by atoms with van der Waals surface area (Å²) < 4.78 is 4.39. The number of carbonyl (C=O) groups is 3. The average Bonchev–Trinajstić information content (AvgIpc) is 2.24. The molecule has 0 saturated carbocycles. The lowest BCUT2D eigenvalue weighted by Crippen LogP contribution is -2.43. The van der Waals surface area contributed by atoms with E-state index in [1.807, 2.05) is 0 Å². The Hall–Kier alpha value is -1.60. The first kappa shape index (κ1) is 17.4. The largest absolute Gasteiger partial charge is 0.479 e. The molecule has 1 amide bonds. The first-order valence-electron chi connectivity index (χ1n) is 5.32. The summed E-state index contributed by atoms with van der Waals surface area (Å²) >= 11 is 4.93. The fraction of sp³-hybridized carbons (Fsp3) is 0.545. The van der Waals surface area contributed by atoms with Crippen LogP contribution in [-0.4, -0.2) is 46.2 Å². The van der Waals surface area contributed by atoms with Gasteiger partial charge in [-0.2, -0.15) is 0 Å². The Kier molecular flexibility index (Phi) is 7.10. The number of carbonyl (C=O) groups excluding carboxylic acids is 2. The van der Waals surface area contributed by atoms with Crippen molar-refractivity contribution in [1.29, 1.82) is 0 Å². The van der Waals surface area contributed by atoms with Crippen molar-refractivity contribution in [3.8, 4) is 0 Å². The number of carboxylic acid groups (broad SMARTS) is 1. The molecule has 0 aromatic heterocycles.